The maximum atomic E-state index is 12.3. The van der Waals surface area contributed by atoms with Crippen LogP contribution in [-0.2, 0) is 4.74 Å². The number of ketones is 1. The lowest BCUT2D eigenvalue weighted by atomic mass is 10.1. The molecule has 0 aliphatic carbocycles. The third kappa shape index (κ3) is 2.62. The Morgan fingerprint density at radius 2 is 1.81 bits per heavy atom. The molecule has 4 heteroatoms. The van der Waals surface area contributed by atoms with Crippen LogP contribution in [0.1, 0.15) is 26.3 Å². The normalized spacial score (nSPS) is 15.1. The number of rotatable bonds is 2. The van der Waals surface area contributed by atoms with E-state index in [1.165, 1.54) is 18.9 Å². The summed E-state index contributed by atoms with van der Waals surface area (Å²) in [6.45, 7) is 0. The monoisotopic (exact) mass is 296 g/mol. The summed E-state index contributed by atoms with van der Waals surface area (Å²) in [6, 6.07) is 14.6. The molecule has 21 heavy (non-hydrogen) atoms. The van der Waals surface area contributed by atoms with Crippen molar-refractivity contribution in [1.29, 1.82) is 0 Å². The third-order valence-corrected chi connectivity index (χ3v) is 4.30. The molecule has 0 amide bonds. The SMILES string of the molecule is COC(=O)c1ccc(/C=C2\Sc3ccccc3C2=O)cc1. The van der Waals surface area contributed by atoms with Crippen LogP contribution in [-0.4, -0.2) is 18.9 Å². The summed E-state index contributed by atoms with van der Waals surface area (Å²) in [5.41, 5.74) is 2.12. The van der Waals surface area contributed by atoms with Crippen molar-refractivity contribution in [3.05, 3.63) is 70.1 Å². The van der Waals surface area contributed by atoms with Crippen molar-refractivity contribution in [1.82, 2.24) is 0 Å². The van der Waals surface area contributed by atoms with E-state index in [9.17, 15) is 9.59 Å². The standard InChI is InChI=1S/C17H12O3S/c1-20-17(19)12-8-6-11(7-9-12)10-15-16(18)13-4-2-3-5-14(13)21-15/h2-10H,1H3/b15-10-. The van der Waals surface area contributed by atoms with Gasteiger partial charge in [-0.2, -0.15) is 0 Å². The van der Waals surface area contributed by atoms with Crippen molar-refractivity contribution in [2.45, 2.75) is 4.90 Å². The average Bonchev–Trinajstić information content (AvgIpc) is 2.84. The number of benzene rings is 2. The van der Waals surface area contributed by atoms with Gasteiger partial charge in [-0.3, -0.25) is 4.79 Å². The molecule has 3 rings (SSSR count). The summed E-state index contributed by atoms with van der Waals surface area (Å²) in [4.78, 5) is 25.3. The molecule has 1 aliphatic heterocycles. The maximum absolute atomic E-state index is 12.3. The van der Waals surface area contributed by atoms with Gasteiger partial charge in [0.2, 0.25) is 5.78 Å². The second kappa shape index (κ2) is 5.58. The highest BCUT2D eigenvalue weighted by Crippen LogP contribution is 2.40. The molecule has 2 aromatic carbocycles. The van der Waals surface area contributed by atoms with Crippen LogP contribution >= 0.6 is 11.8 Å². The minimum atomic E-state index is -0.368. The lowest BCUT2D eigenvalue weighted by Gasteiger charge is -2.00. The fraction of sp³-hybridized carbons (Fsp3) is 0.0588. The number of esters is 1. The first kappa shape index (κ1) is 13.6. The zero-order valence-corrected chi connectivity index (χ0v) is 12.1. The Morgan fingerprint density at radius 1 is 1.10 bits per heavy atom. The number of hydrogen-bond donors (Lipinski definition) is 0. The van der Waals surface area contributed by atoms with Crippen LogP contribution < -0.4 is 0 Å². The number of methoxy groups -OCH3 is 1. The first-order valence-electron chi connectivity index (χ1n) is 6.40. The number of carbonyl (C=O) groups excluding carboxylic acids is 2. The van der Waals surface area contributed by atoms with Gasteiger partial charge in [-0.1, -0.05) is 36.0 Å². The van der Waals surface area contributed by atoms with E-state index in [0.717, 1.165) is 16.0 Å². The van der Waals surface area contributed by atoms with Crippen molar-refractivity contribution in [3.63, 3.8) is 0 Å². The molecule has 0 radical (unpaired) electrons. The van der Waals surface area contributed by atoms with Crippen LogP contribution in [0, 0.1) is 0 Å². The number of fused-ring (bicyclic) bond motifs is 1. The Kier molecular flexibility index (Phi) is 3.62. The van der Waals surface area contributed by atoms with E-state index in [0.29, 0.717) is 10.5 Å². The van der Waals surface area contributed by atoms with Gasteiger partial charge in [0.15, 0.2) is 0 Å². The summed E-state index contributed by atoms with van der Waals surface area (Å²) >= 11 is 1.47. The minimum Gasteiger partial charge on any atom is -0.465 e. The molecule has 3 nitrogen and oxygen atoms in total. The van der Waals surface area contributed by atoms with Gasteiger partial charge >= 0.3 is 5.97 Å². The smallest absolute Gasteiger partial charge is 0.337 e. The molecular formula is C17H12O3S. The average molecular weight is 296 g/mol. The van der Waals surface area contributed by atoms with E-state index >= 15 is 0 Å². The van der Waals surface area contributed by atoms with Gasteiger partial charge in [0.1, 0.15) is 0 Å². The summed E-state index contributed by atoms with van der Waals surface area (Å²) in [6.07, 6.45) is 1.84. The Morgan fingerprint density at radius 3 is 2.48 bits per heavy atom. The number of thioether (sulfide) groups is 1. The largest absolute Gasteiger partial charge is 0.465 e. The molecule has 104 valence electrons. The van der Waals surface area contributed by atoms with Gasteiger partial charge in [-0.05, 0) is 35.9 Å². The molecule has 0 spiro atoms. The molecule has 0 unspecified atom stereocenters. The Bertz CT molecular complexity index is 745. The van der Waals surface area contributed by atoms with Gasteiger partial charge in [0, 0.05) is 10.5 Å². The molecule has 0 fully saturated rings. The molecule has 2 aromatic rings. The van der Waals surface area contributed by atoms with Gasteiger partial charge < -0.3 is 4.74 Å². The summed E-state index contributed by atoms with van der Waals surface area (Å²) in [7, 11) is 1.35. The van der Waals surface area contributed by atoms with Crippen molar-refractivity contribution in [2.24, 2.45) is 0 Å². The summed E-state index contributed by atoms with van der Waals surface area (Å²) < 4.78 is 4.66. The van der Waals surface area contributed by atoms with E-state index in [4.69, 9.17) is 0 Å². The minimum absolute atomic E-state index is 0.0487. The van der Waals surface area contributed by atoms with Crippen molar-refractivity contribution in [3.8, 4) is 0 Å². The van der Waals surface area contributed by atoms with Crippen molar-refractivity contribution in [2.75, 3.05) is 7.11 Å². The van der Waals surface area contributed by atoms with Gasteiger partial charge in [0.25, 0.3) is 0 Å². The van der Waals surface area contributed by atoms with E-state index < -0.39 is 0 Å². The number of allylic oxidation sites excluding steroid dienone is 1. The third-order valence-electron chi connectivity index (χ3n) is 3.20. The van der Waals surface area contributed by atoms with Gasteiger partial charge in [0.05, 0.1) is 17.6 Å². The van der Waals surface area contributed by atoms with Gasteiger partial charge in [-0.15, -0.1) is 0 Å². The van der Waals surface area contributed by atoms with Crippen LogP contribution in [0.15, 0.2) is 58.3 Å². The number of ether oxygens (including phenoxy) is 1. The van der Waals surface area contributed by atoms with Crippen LogP contribution in [0.3, 0.4) is 0 Å². The highest BCUT2D eigenvalue weighted by atomic mass is 32.2. The molecule has 0 saturated carbocycles. The van der Waals surface area contributed by atoms with E-state index in [1.54, 1.807) is 24.3 Å². The molecule has 0 aromatic heterocycles. The van der Waals surface area contributed by atoms with Crippen molar-refractivity contribution < 1.29 is 14.3 Å². The summed E-state index contributed by atoms with van der Waals surface area (Å²) in [5.74, 6) is -0.319. The molecular weight excluding hydrogens is 284 g/mol. The second-order valence-corrected chi connectivity index (χ2v) is 5.63. The Labute approximate surface area is 126 Å². The quantitative estimate of drug-likeness (QED) is 0.624. The predicted molar refractivity (Wildman–Crippen MR) is 82.4 cm³/mol. The zero-order valence-electron chi connectivity index (χ0n) is 11.3. The lowest BCUT2D eigenvalue weighted by Crippen LogP contribution is -2.00. The summed E-state index contributed by atoms with van der Waals surface area (Å²) in [5, 5.41) is 0. The second-order valence-electron chi connectivity index (χ2n) is 4.55. The highest BCUT2D eigenvalue weighted by molar-refractivity contribution is 8.04. The van der Waals surface area contributed by atoms with E-state index in [2.05, 4.69) is 4.74 Å². The first-order valence-corrected chi connectivity index (χ1v) is 7.22. The van der Waals surface area contributed by atoms with Crippen molar-refractivity contribution >= 4 is 29.6 Å². The number of carbonyl (C=O) groups is 2. The molecule has 0 saturated heterocycles. The maximum Gasteiger partial charge on any atom is 0.337 e. The fourth-order valence-corrected chi connectivity index (χ4v) is 3.17. The number of Topliss-reactive ketones (excluding diaryl/α,β-unsaturated/α-hetero) is 1. The van der Waals surface area contributed by atoms with Crippen LogP contribution in [0.25, 0.3) is 6.08 Å². The van der Waals surface area contributed by atoms with Crippen LogP contribution in [0.4, 0.5) is 0 Å². The molecule has 0 atom stereocenters. The van der Waals surface area contributed by atoms with Crippen LogP contribution in [0.2, 0.25) is 0 Å². The topological polar surface area (TPSA) is 43.4 Å². The van der Waals surface area contributed by atoms with Gasteiger partial charge in [-0.25, -0.2) is 4.79 Å². The predicted octanol–water partition coefficient (Wildman–Crippen LogP) is 3.80. The number of hydrogen-bond acceptors (Lipinski definition) is 4. The Hall–Kier alpha value is -2.33. The fourth-order valence-electron chi connectivity index (χ4n) is 2.12. The molecule has 1 aliphatic rings. The molecule has 1 heterocycles. The molecule has 0 N–H and O–H groups in total. The van der Waals surface area contributed by atoms with E-state index in [-0.39, 0.29) is 11.8 Å². The zero-order chi connectivity index (χ0) is 14.8. The highest BCUT2D eigenvalue weighted by Gasteiger charge is 2.24. The first-order chi connectivity index (χ1) is 10.2. The Balaban J connectivity index is 1.87. The molecule has 0 bridgehead atoms. The lowest BCUT2D eigenvalue weighted by molar-refractivity contribution is 0.0600. The van der Waals surface area contributed by atoms with E-state index in [1.807, 2.05) is 30.3 Å². The van der Waals surface area contributed by atoms with Crippen LogP contribution in [0.5, 0.6) is 0 Å².